The average molecular weight is 603 g/mol. The molecule has 0 radical (unpaired) electrons. The van der Waals surface area contributed by atoms with Gasteiger partial charge in [-0.1, -0.05) is 180 Å². The van der Waals surface area contributed by atoms with Gasteiger partial charge in [-0.05, 0) is 31.9 Å². The van der Waals surface area contributed by atoms with Crippen molar-refractivity contribution < 1.29 is 19.4 Å². The topological polar surface area (TPSA) is 55.8 Å². The number of aliphatic carboxylic acids is 1. The van der Waals surface area contributed by atoms with Crippen molar-refractivity contribution in [3.05, 3.63) is 42.5 Å². The highest BCUT2D eigenvalue weighted by molar-refractivity contribution is 5.84. The van der Waals surface area contributed by atoms with Crippen molar-refractivity contribution in [1.29, 1.82) is 0 Å². The van der Waals surface area contributed by atoms with Crippen molar-refractivity contribution in [2.24, 2.45) is 0 Å². The number of hydrogen-bond acceptors (Lipinski definition) is 3. The van der Waals surface area contributed by atoms with Crippen LogP contribution in [-0.4, -0.2) is 30.4 Å². The molecule has 0 aromatic heterocycles. The second-order valence-corrected chi connectivity index (χ2v) is 12.4. The first-order valence-electron chi connectivity index (χ1n) is 18.2. The Morgan fingerprint density at radius 1 is 0.651 bits per heavy atom. The molecule has 0 heterocycles. The van der Waals surface area contributed by atoms with Crippen LogP contribution in [0.2, 0.25) is 0 Å². The Morgan fingerprint density at radius 3 is 1.42 bits per heavy atom. The van der Waals surface area contributed by atoms with E-state index in [1.165, 1.54) is 155 Å². The van der Waals surface area contributed by atoms with Crippen LogP contribution >= 0.6 is 0 Å². The second-order valence-electron chi connectivity index (χ2n) is 12.4. The maximum absolute atomic E-state index is 9.60. The molecule has 0 amide bonds. The van der Waals surface area contributed by atoms with E-state index in [1.807, 2.05) is 30.3 Å². The average Bonchev–Trinajstić information content (AvgIpc) is 3.01. The van der Waals surface area contributed by atoms with Gasteiger partial charge in [0, 0.05) is 12.2 Å². The first-order chi connectivity index (χ1) is 21.0. The Balaban J connectivity index is 0.00000265. The molecule has 4 nitrogen and oxygen atoms in total. The molecule has 0 aliphatic rings. The molecule has 1 N–H and O–H groups in total. The van der Waals surface area contributed by atoms with Crippen LogP contribution in [0.5, 0.6) is 5.75 Å². The number of carboxylic acid groups (broad SMARTS) is 1. The van der Waals surface area contributed by atoms with E-state index >= 15 is 0 Å². The maximum Gasteiger partial charge on any atom is 0.330 e. The van der Waals surface area contributed by atoms with Crippen LogP contribution < -0.4 is 4.74 Å². The molecule has 1 aromatic rings. The molecule has 0 saturated heterocycles. The van der Waals surface area contributed by atoms with Gasteiger partial charge in [-0.15, -0.1) is 0 Å². The molecule has 0 bridgehead atoms. The summed E-state index contributed by atoms with van der Waals surface area (Å²) in [5, 5.41) is 7.89. The smallest absolute Gasteiger partial charge is 0.330 e. The first kappa shape index (κ1) is 41.2. The fraction of sp³-hybridized carbons (Fsp3) is 0.769. The molecule has 0 aliphatic heterocycles. The van der Waals surface area contributed by atoms with Gasteiger partial charge in [0.1, 0.15) is 12.4 Å². The minimum Gasteiger partial charge on any atom is -0.491 e. The van der Waals surface area contributed by atoms with Gasteiger partial charge in [0.2, 0.25) is 0 Å². The fourth-order valence-electron chi connectivity index (χ4n) is 5.15. The first-order valence-corrected chi connectivity index (χ1v) is 18.2. The third-order valence-electron chi connectivity index (χ3n) is 8.03. The van der Waals surface area contributed by atoms with Crippen LogP contribution in [0, 0.1) is 0 Å². The number of ether oxygens (including phenoxy) is 2. The molecule has 250 valence electrons. The standard InChI is InChI=1S/C35H64O2.C4H6O2/c1-3-5-7-9-11-12-13-14-15-16-17-18-19-21-23-28-32-36-35(31-25-22-20-10-8-6-4-2)33-37-34-29-26-24-27-30-34;1-3(2)4(5)6/h24,26-27,29-30,35H,3-23,25,28,31-33H2,1-2H3;1H2,2H3,(H,5,6). The minimum absolute atomic E-state index is 0.176. The Hall–Kier alpha value is -1.81. The number of carboxylic acids is 1. The second kappa shape index (κ2) is 33.1. The predicted octanol–water partition coefficient (Wildman–Crippen LogP) is 12.5. The van der Waals surface area contributed by atoms with E-state index in [0.29, 0.717) is 6.61 Å². The predicted molar refractivity (Wildman–Crippen MR) is 186 cm³/mol. The molecule has 0 saturated carbocycles. The van der Waals surface area contributed by atoms with Crippen molar-refractivity contribution >= 4 is 5.97 Å². The summed E-state index contributed by atoms with van der Waals surface area (Å²) in [5.41, 5.74) is 0.176. The molecule has 1 atom stereocenters. The van der Waals surface area contributed by atoms with E-state index in [9.17, 15) is 4.79 Å². The van der Waals surface area contributed by atoms with Gasteiger partial charge >= 0.3 is 5.97 Å². The normalized spacial score (nSPS) is 11.5. The quantitative estimate of drug-likeness (QED) is 0.0703. The number of rotatable bonds is 30. The molecule has 1 unspecified atom stereocenters. The summed E-state index contributed by atoms with van der Waals surface area (Å²) in [6, 6.07) is 10.2. The lowest BCUT2D eigenvalue weighted by molar-refractivity contribution is -0.132. The Bertz CT molecular complexity index is 705. The van der Waals surface area contributed by atoms with Crippen LogP contribution in [0.4, 0.5) is 0 Å². The molecular weight excluding hydrogens is 532 g/mol. The monoisotopic (exact) mass is 603 g/mol. The molecule has 0 aliphatic carbocycles. The number of unbranched alkanes of at least 4 members (excludes halogenated alkanes) is 21. The number of hydrogen-bond donors (Lipinski definition) is 1. The number of benzene rings is 1. The fourth-order valence-corrected chi connectivity index (χ4v) is 5.15. The van der Waals surface area contributed by atoms with Gasteiger partial charge in [0.15, 0.2) is 0 Å². The summed E-state index contributed by atoms with van der Waals surface area (Å²) in [5.74, 6) is 0.0214. The lowest BCUT2D eigenvalue weighted by Gasteiger charge is -2.19. The summed E-state index contributed by atoms with van der Waals surface area (Å²) in [6.45, 7) is 10.8. The van der Waals surface area contributed by atoms with Crippen molar-refractivity contribution in [1.82, 2.24) is 0 Å². The zero-order valence-electron chi connectivity index (χ0n) is 28.7. The molecule has 0 fully saturated rings. The highest BCUT2D eigenvalue weighted by atomic mass is 16.5. The molecule has 1 aromatic carbocycles. The third kappa shape index (κ3) is 31.4. The Morgan fingerprint density at radius 2 is 1.02 bits per heavy atom. The zero-order chi connectivity index (χ0) is 31.6. The summed E-state index contributed by atoms with van der Waals surface area (Å²) >= 11 is 0. The van der Waals surface area contributed by atoms with Crippen LogP contribution in [0.15, 0.2) is 42.5 Å². The number of para-hydroxylation sites is 1. The molecule has 1 rings (SSSR count). The largest absolute Gasteiger partial charge is 0.491 e. The minimum atomic E-state index is -0.935. The van der Waals surface area contributed by atoms with Crippen LogP contribution in [0.25, 0.3) is 0 Å². The summed E-state index contributed by atoms with van der Waals surface area (Å²) in [7, 11) is 0. The van der Waals surface area contributed by atoms with Crippen LogP contribution in [0.1, 0.15) is 175 Å². The number of carbonyl (C=O) groups is 1. The highest BCUT2D eigenvalue weighted by Crippen LogP contribution is 2.16. The highest BCUT2D eigenvalue weighted by Gasteiger charge is 2.10. The van der Waals surface area contributed by atoms with E-state index in [4.69, 9.17) is 14.6 Å². The molecule has 43 heavy (non-hydrogen) atoms. The van der Waals surface area contributed by atoms with Gasteiger partial charge in [-0.25, -0.2) is 4.79 Å². The van der Waals surface area contributed by atoms with Crippen LogP contribution in [-0.2, 0) is 9.53 Å². The lowest BCUT2D eigenvalue weighted by atomic mass is 10.0. The molecular formula is C39H70O4. The Kier molecular flexibility index (Phi) is 31.7. The van der Waals surface area contributed by atoms with Crippen molar-refractivity contribution in [2.75, 3.05) is 13.2 Å². The van der Waals surface area contributed by atoms with Crippen molar-refractivity contribution in [3.63, 3.8) is 0 Å². The van der Waals surface area contributed by atoms with E-state index in [1.54, 1.807) is 0 Å². The van der Waals surface area contributed by atoms with Crippen molar-refractivity contribution in [3.8, 4) is 5.75 Å². The van der Waals surface area contributed by atoms with E-state index < -0.39 is 5.97 Å². The van der Waals surface area contributed by atoms with E-state index in [0.717, 1.165) is 18.8 Å². The van der Waals surface area contributed by atoms with Gasteiger partial charge in [0.25, 0.3) is 0 Å². The summed E-state index contributed by atoms with van der Waals surface area (Å²) in [6.07, 6.45) is 33.4. The SMILES string of the molecule is C=C(C)C(=O)O.CCCCCCCCCCCCCCCCCCOC(CCCCCCCCC)COc1ccccc1. The van der Waals surface area contributed by atoms with E-state index in [2.05, 4.69) is 20.4 Å². The Labute approximate surface area is 267 Å². The van der Waals surface area contributed by atoms with E-state index in [-0.39, 0.29) is 11.7 Å². The zero-order valence-corrected chi connectivity index (χ0v) is 28.7. The van der Waals surface area contributed by atoms with Gasteiger partial charge in [-0.3, -0.25) is 0 Å². The summed E-state index contributed by atoms with van der Waals surface area (Å²) in [4.78, 5) is 9.60. The van der Waals surface area contributed by atoms with Crippen molar-refractivity contribution in [2.45, 2.75) is 181 Å². The van der Waals surface area contributed by atoms with Gasteiger partial charge in [-0.2, -0.15) is 0 Å². The van der Waals surface area contributed by atoms with Crippen LogP contribution in [0.3, 0.4) is 0 Å². The lowest BCUT2D eigenvalue weighted by Crippen LogP contribution is -2.22. The van der Waals surface area contributed by atoms with Gasteiger partial charge < -0.3 is 14.6 Å². The molecule has 4 heteroatoms. The summed E-state index contributed by atoms with van der Waals surface area (Å²) < 4.78 is 12.3. The maximum atomic E-state index is 9.60. The van der Waals surface area contributed by atoms with Gasteiger partial charge in [0.05, 0.1) is 6.10 Å². The molecule has 0 spiro atoms. The third-order valence-corrected chi connectivity index (χ3v) is 8.03.